The summed E-state index contributed by atoms with van der Waals surface area (Å²) < 4.78 is 12.9. The van der Waals surface area contributed by atoms with Gasteiger partial charge in [-0.15, -0.1) is 0 Å². The lowest BCUT2D eigenvalue weighted by molar-refractivity contribution is -0.121. The van der Waals surface area contributed by atoms with Crippen molar-refractivity contribution in [2.75, 3.05) is 5.73 Å². The average molecular weight is 391 g/mol. The fraction of sp³-hybridized carbons (Fsp3) is 0.174. The van der Waals surface area contributed by atoms with Crippen LogP contribution in [0.2, 0.25) is 0 Å². The third-order valence-electron chi connectivity index (χ3n) is 4.62. The van der Waals surface area contributed by atoms with Crippen LogP contribution in [0.3, 0.4) is 0 Å². The van der Waals surface area contributed by atoms with Crippen molar-refractivity contribution in [2.45, 2.75) is 25.8 Å². The molecule has 5 nitrogen and oxygen atoms in total. The molecule has 0 saturated carbocycles. The van der Waals surface area contributed by atoms with Crippen LogP contribution in [0.15, 0.2) is 67.0 Å². The molecule has 1 aromatic heterocycles. The zero-order chi connectivity index (χ0) is 20.6. The molecule has 6 heteroatoms. The van der Waals surface area contributed by atoms with Crippen LogP contribution in [0.25, 0.3) is 0 Å². The highest BCUT2D eigenvalue weighted by atomic mass is 19.1. The average Bonchev–Trinajstić information content (AvgIpc) is 2.74. The van der Waals surface area contributed by atoms with E-state index < -0.39 is 0 Å². The molecular formula is C23H22FN3O2. The van der Waals surface area contributed by atoms with Crippen LogP contribution in [0.5, 0.6) is 0 Å². The van der Waals surface area contributed by atoms with Gasteiger partial charge in [0, 0.05) is 31.1 Å². The van der Waals surface area contributed by atoms with E-state index >= 15 is 0 Å². The van der Waals surface area contributed by atoms with Crippen molar-refractivity contribution in [3.8, 4) is 0 Å². The number of nitrogens with one attached hydrogen (secondary N) is 1. The summed E-state index contributed by atoms with van der Waals surface area (Å²) in [6, 6.07) is 15.0. The first-order valence-electron chi connectivity index (χ1n) is 9.33. The van der Waals surface area contributed by atoms with Gasteiger partial charge in [0.05, 0.1) is 11.9 Å². The molecule has 0 saturated heterocycles. The number of carbonyl (C=O) groups excluding carboxylic acids is 2. The molecule has 0 radical (unpaired) electrons. The molecule has 148 valence electrons. The molecule has 2 aromatic carbocycles. The third-order valence-corrected chi connectivity index (χ3v) is 4.62. The van der Waals surface area contributed by atoms with E-state index in [-0.39, 0.29) is 23.9 Å². The van der Waals surface area contributed by atoms with Crippen LogP contribution < -0.4 is 11.1 Å². The van der Waals surface area contributed by atoms with Crippen LogP contribution in [-0.4, -0.2) is 16.7 Å². The highest BCUT2D eigenvalue weighted by molar-refractivity contribution is 5.98. The van der Waals surface area contributed by atoms with E-state index in [2.05, 4.69) is 10.3 Å². The second-order valence-corrected chi connectivity index (χ2v) is 6.77. The number of nitrogen functional groups attached to an aromatic ring is 1. The summed E-state index contributed by atoms with van der Waals surface area (Å²) in [5.41, 5.74) is 9.50. The van der Waals surface area contributed by atoms with Crippen LogP contribution >= 0.6 is 0 Å². The maximum Gasteiger partial charge on any atom is 0.220 e. The summed E-state index contributed by atoms with van der Waals surface area (Å²) in [4.78, 5) is 28.3. The predicted molar refractivity (Wildman–Crippen MR) is 110 cm³/mol. The lowest BCUT2D eigenvalue weighted by atomic mass is 10.0. The molecule has 29 heavy (non-hydrogen) atoms. The Balaban J connectivity index is 1.47. The summed E-state index contributed by atoms with van der Waals surface area (Å²) in [7, 11) is 0. The van der Waals surface area contributed by atoms with Crippen LogP contribution in [0.4, 0.5) is 10.1 Å². The van der Waals surface area contributed by atoms with Crippen molar-refractivity contribution in [3.05, 3.63) is 95.1 Å². The van der Waals surface area contributed by atoms with Gasteiger partial charge in [0.2, 0.25) is 5.91 Å². The fourth-order valence-electron chi connectivity index (χ4n) is 2.88. The normalized spacial score (nSPS) is 10.5. The Kier molecular flexibility index (Phi) is 6.68. The van der Waals surface area contributed by atoms with Gasteiger partial charge in [0.15, 0.2) is 5.78 Å². The minimum absolute atomic E-state index is 0.0298. The van der Waals surface area contributed by atoms with Crippen molar-refractivity contribution in [3.63, 3.8) is 0 Å². The number of nitrogens with two attached hydrogens (primary N) is 1. The van der Waals surface area contributed by atoms with Crippen molar-refractivity contribution < 1.29 is 14.0 Å². The van der Waals surface area contributed by atoms with Crippen molar-refractivity contribution in [1.29, 1.82) is 0 Å². The van der Waals surface area contributed by atoms with E-state index in [1.807, 2.05) is 12.1 Å². The second kappa shape index (κ2) is 9.59. The first-order chi connectivity index (χ1) is 14.0. The standard InChI is InChI=1S/C23H22FN3O2/c24-20-8-3-16(4-9-20)5-10-23(29)27-14-17-1-6-18(7-2-17)22(28)13-19-11-12-26-15-21(19)25/h1-4,6-9,11-12,15H,5,10,13-14,25H2,(H,27,29). The lowest BCUT2D eigenvalue weighted by Gasteiger charge is -2.07. The highest BCUT2D eigenvalue weighted by Crippen LogP contribution is 2.14. The number of anilines is 1. The van der Waals surface area contributed by atoms with Gasteiger partial charge in [-0.1, -0.05) is 36.4 Å². The number of nitrogens with zero attached hydrogens (tertiary/aromatic N) is 1. The number of pyridine rings is 1. The van der Waals surface area contributed by atoms with Gasteiger partial charge in [-0.25, -0.2) is 4.39 Å². The highest BCUT2D eigenvalue weighted by Gasteiger charge is 2.10. The molecule has 3 rings (SSSR count). The van der Waals surface area contributed by atoms with Crippen molar-refractivity contribution in [1.82, 2.24) is 10.3 Å². The topological polar surface area (TPSA) is 85.1 Å². The number of aromatic nitrogens is 1. The van der Waals surface area contributed by atoms with E-state index in [9.17, 15) is 14.0 Å². The van der Waals surface area contributed by atoms with E-state index in [0.29, 0.717) is 30.6 Å². The first kappa shape index (κ1) is 20.2. The number of carbonyl (C=O) groups is 2. The number of rotatable bonds is 8. The molecule has 1 heterocycles. The SMILES string of the molecule is Nc1cnccc1CC(=O)c1ccc(CNC(=O)CCc2ccc(F)cc2)cc1. The molecule has 1 amide bonds. The molecule has 0 fully saturated rings. The maximum absolute atomic E-state index is 12.9. The molecule has 3 N–H and O–H groups in total. The first-order valence-corrected chi connectivity index (χ1v) is 9.33. The Hall–Kier alpha value is -3.54. The molecule has 0 unspecified atom stereocenters. The zero-order valence-electron chi connectivity index (χ0n) is 15.9. The van der Waals surface area contributed by atoms with E-state index in [4.69, 9.17) is 5.73 Å². The summed E-state index contributed by atoms with van der Waals surface area (Å²) >= 11 is 0. The monoisotopic (exact) mass is 391 g/mol. The third kappa shape index (κ3) is 5.97. The van der Waals surface area contributed by atoms with Crippen LogP contribution in [-0.2, 0) is 24.2 Å². The molecule has 0 aliphatic rings. The minimum Gasteiger partial charge on any atom is -0.397 e. The van der Waals surface area contributed by atoms with Gasteiger partial charge < -0.3 is 11.1 Å². The van der Waals surface area contributed by atoms with Gasteiger partial charge in [-0.05, 0) is 41.3 Å². The summed E-state index contributed by atoms with van der Waals surface area (Å²) in [6.45, 7) is 0.383. The molecule has 0 aliphatic heterocycles. The Morgan fingerprint density at radius 1 is 0.966 bits per heavy atom. The van der Waals surface area contributed by atoms with E-state index in [1.165, 1.54) is 18.3 Å². The zero-order valence-corrected chi connectivity index (χ0v) is 15.9. The summed E-state index contributed by atoms with van der Waals surface area (Å²) in [5, 5.41) is 2.86. The molecule has 0 spiro atoms. The van der Waals surface area contributed by atoms with Gasteiger partial charge in [0.25, 0.3) is 0 Å². The number of Topliss-reactive ketones (excluding diaryl/α,β-unsaturated/α-hetero) is 1. The van der Waals surface area contributed by atoms with Crippen molar-refractivity contribution in [2.24, 2.45) is 0 Å². The van der Waals surface area contributed by atoms with Crippen molar-refractivity contribution >= 4 is 17.4 Å². The second-order valence-electron chi connectivity index (χ2n) is 6.77. The maximum atomic E-state index is 12.9. The summed E-state index contributed by atoms with van der Waals surface area (Å²) in [6.07, 6.45) is 4.24. The largest absolute Gasteiger partial charge is 0.397 e. The van der Waals surface area contributed by atoms with E-state index in [0.717, 1.165) is 16.7 Å². The number of hydrogen-bond donors (Lipinski definition) is 2. The molecule has 0 bridgehead atoms. The molecular weight excluding hydrogens is 369 g/mol. The Labute approximate surface area is 168 Å². The number of aryl methyl sites for hydroxylation is 1. The van der Waals surface area contributed by atoms with Gasteiger partial charge in [-0.3, -0.25) is 14.6 Å². The fourth-order valence-corrected chi connectivity index (χ4v) is 2.88. The lowest BCUT2D eigenvalue weighted by Crippen LogP contribution is -2.23. The smallest absolute Gasteiger partial charge is 0.220 e. The molecule has 3 aromatic rings. The quantitative estimate of drug-likeness (QED) is 0.576. The van der Waals surface area contributed by atoms with Crippen LogP contribution in [0, 0.1) is 5.82 Å². The Morgan fingerprint density at radius 2 is 1.66 bits per heavy atom. The Morgan fingerprint density at radius 3 is 2.34 bits per heavy atom. The number of amides is 1. The molecule has 0 aliphatic carbocycles. The number of halogens is 1. The van der Waals surface area contributed by atoms with E-state index in [1.54, 1.807) is 36.5 Å². The van der Waals surface area contributed by atoms with Gasteiger partial charge >= 0.3 is 0 Å². The number of benzene rings is 2. The number of ketones is 1. The van der Waals surface area contributed by atoms with Gasteiger partial charge in [0.1, 0.15) is 5.82 Å². The van der Waals surface area contributed by atoms with Crippen LogP contribution in [0.1, 0.15) is 33.5 Å². The Bertz CT molecular complexity index is 986. The predicted octanol–water partition coefficient (Wildman–Crippen LogP) is 3.48. The summed E-state index contributed by atoms with van der Waals surface area (Å²) in [5.74, 6) is -0.398. The molecule has 0 atom stereocenters. The number of hydrogen-bond acceptors (Lipinski definition) is 4. The van der Waals surface area contributed by atoms with Gasteiger partial charge in [-0.2, -0.15) is 0 Å². The minimum atomic E-state index is -0.288.